The molecule has 0 amide bonds. The van der Waals surface area contributed by atoms with Crippen molar-refractivity contribution >= 4 is 23.1 Å². The first-order chi connectivity index (χ1) is 18.5. The maximum atomic E-state index is 15.1. The summed E-state index contributed by atoms with van der Waals surface area (Å²) in [6, 6.07) is 18.2. The number of carbonyl (C=O) groups is 2. The van der Waals surface area contributed by atoms with Crippen LogP contribution < -0.4 is 14.6 Å². The Morgan fingerprint density at radius 1 is 0.895 bits per heavy atom. The van der Waals surface area contributed by atoms with Gasteiger partial charge in [0.15, 0.2) is 12.7 Å². The number of pyridine rings is 1. The maximum Gasteiger partial charge on any atom is 0.220 e. The number of halogens is 1. The zero-order valence-corrected chi connectivity index (χ0v) is 21.2. The van der Waals surface area contributed by atoms with Gasteiger partial charge in [-0.3, -0.25) is 9.59 Å². The van der Waals surface area contributed by atoms with E-state index in [1.54, 1.807) is 53.1 Å². The van der Waals surface area contributed by atoms with Crippen molar-refractivity contribution in [3.05, 3.63) is 101 Å². The van der Waals surface area contributed by atoms with Gasteiger partial charge in [-0.2, -0.15) is 0 Å². The van der Waals surface area contributed by atoms with Gasteiger partial charge in [0.2, 0.25) is 17.3 Å². The number of benzene rings is 2. The first-order valence-corrected chi connectivity index (χ1v) is 12.9. The van der Waals surface area contributed by atoms with Crippen LogP contribution in [0.5, 0.6) is 0 Å². The summed E-state index contributed by atoms with van der Waals surface area (Å²) < 4.78 is 16.9. The zero-order valence-electron chi connectivity index (χ0n) is 21.2. The largest absolute Gasteiger partial charge is 0.366 e. The number of rotatable bonds is 6. The van der Waals surface area contributed by atoms with E-state index in [-0.39, 0.29) is 23.1 Å². The molecule has 0 saturated carbocycles. The van der Waals surface area contributed by atoms with E-state index in [0.717, 1.165) is 37.6 Å². The SMILES string of the molecule is C[n+]1nc2c(n1CCCc1ccc(N3CCN(c4ccccn4)CC3)c(F)c1)C(=O)c1ccccc1C2=O. The summed E-state index contributed by atoms with van der Waals surface area (Å²) in [7, 11) is 1.73. The molecule has 6 rings (SSSR count). The average molecular weight is 512 g/mol. The molecule has 0 unspecified atom stereocenters. The Labute approximate surface area is 219 Å². The molecule has 2 aromatic heterocycles. The molecule has 2 aliphatic rings. The Morgan fingerprint density at radius 2 is 1.61 bits per heavy atom. The molecule has 1 saturated heterocycles. The van der Waals surface area contributed by atoms with Gasteiger partial charge in [0.25, 0.3) is 0 Å². The lowest BCUT2D eigenvalue weighted by Crippen LogP contribution is -2.47. The molecule has 0 bridgehead atoms. The summed E-state index contributed by atoms with van der Waals surface area (Å²) in [5, 5.41) is 4.35. The molecule has 0 atom stereocenters. The van der Waals surface area contributed by atoms with Crippen LogP contribution >= 0.6 is 0 Å². The highest BCUT2D eigenvalue weighted by atomic mass is 19.1. The first-order valence-electron chi connectivity index (χ1n) is 12.9. The monoisotopic (exact) mass is 511 g/mol. The molecule has 3 heterocycles. The lowest BCUT2D eigenvalue weighted by molar-refractivity contribution is -0.805. The minimum absolute atomic E-state index is 0.190. The van der Waals surface area contributed by atoms with E-state index < -0.39 is 0 Å². The number of nitrogens with zero attached hydrogens (tertiary/aromatic N) is 6. The summed E-state index contributed by atoms with van der Waals surface area (Å²) in [5.41, 5.74) is 2.82. The summed E-state index contributed by atoms with van der Waals surface area (Å²) in [6.45, 7) is 3.51. The molecule has 1 fully saturated rings. The summed E-state index contributed by atoms with van der Waals surface area (Å²) >= 11 is 0. The highest BCUT2D eigenvalue weighted by molar-refractivity contribution is 6.26. The molecule has 1 aliphatic carbocycles. The number of aromatic nitrogens is 4. The number of hydrogen-bond acceptors (Lipinski definition) is 6. The van der Waals surface area contributed by atoms with Crippen molar-refractivity contribution in [2.75, 3.05) is 36.0 Å². The Hall–Kier alpha value is -4.40. The van der Waals surface area contributed by atoms with Crippen LogP contribution in [-0.2, 0) is 20.0 Å². The van der Waals surface area contributed by atoms with Gasteiger partial charge in [0, 0.05) is 48.6 Å². The predicted molar refractivity (Wildman–Crippen MR) is 140 cm³/mol. The van der Waals surface area contributed by atoms with Gasteiger partial charge in [-0.1, -0.05) is 36.4 Å². The molecule has 1 aliphatic heterocycles. The predicted octanol–water partition coefficient (Wildman–Crippen LogP) is 2.98. The molecule has 0 radical (unpaired) electrons. The second-order valence-corrected chi connectivity index (χ2v) is 9.66. The van der Waals surface area contributed by atoms with Crippen molar-refractivity contribution < 1.29 is 18.8 Å². The van der Waals surface area contributed by atoms with Gasteiger partial charge >= 0.3 is 0 Å². The third-order valence-corrected chi connectivity index (χ3v) is 7.36. The Morgan fingerprint density at radius 3 is 2.32 bits per heavy atom. The van der Waals surface area contributed by atoms with Crippen molar-refractivity contribution in [2.45, 2.75) is 19.4 Å². The smallest absolute Gasteiger partial charge is 0.220 e. The molecule has 2 aromatic carbocycles. The number of anilines is 2. The van der Waals surface area contributed by atoms with Gasteiger partial charge in [0.1, 0.15) is 11.6 Å². The Balaban J connectivity index is 1.10. The van der Waals surface area contributed by atoms with E-state index >= 15 is 4.39 Å². The fourth-order valence-corrected chi connectivity index (χ4v) is 5.39. The molecular weight excluding hydrogens is 483 g/mol. The standard InChI is InChI=1S/C29H28FN6O2/c1-33-32-26-27(29(38)22-9-3-2-8-21(22)28(26)37)36(33)14-6-7-20-11-12-24(23(30)19-20)34-15-17-35(18-16-34)25-10-4-5-13-31-25/h2-5,8-13,19H,6-7,14-18H2,1H3/q+1. The molecule has 192 valence electrons. The normalized spacial score (nSPS) is 15.0. The molecule has 38 heavy (non-hydrogen) atoms. The van der Waals surface area contributed by atoms with Gasteiger partial charge in [0.05, 0.1) is 12.2 Å². The maximum absolute atomic E-state index is 15.1. The number of carbonyl (C=O) groups excluding carboxylic acids is 2. The highest BCUT2D eigenvalue weighted by Gasteiger charge is 2.39. The molecular formula is C29H28FN6O2+. The molecule has 8 nitrogen and oxygen atoms in total. The topological polar surface area (TPSA) is 75.2 Å². The number of aryl methyl sites for hydroxylation is 2. The van der Waals surface area contributed by atoms with E-state index in [9.17, 15) is 9.59 Å². The van der Waals surface area contributed by atoms with Crippen molar-refractivity contribution in [3.8, 4) is 0 Å². The molecule has 4 aromatic rings. The van der Waals surface area contributed by atoms with Gasteiger partial charge in [-0.05, 0) is 47.5 Å². The van der Waals surface area contributed by atoms with Crippen molar-refractivity contribution in [3.63, 3.8) is 0 Å². The lowest BCUT2D eigenvalue weighted by Gasteiger charge is -2.36. The van der Waals surface area contributed by atoms with E-state index in [2.05, 4.69) is 19.9 Å². The highest BCUT2D eigenvalue weighted by Crippen LogP contribution is 2.26. The Bertz CT molecular complexity index is 1530. The minimum atomic E-state index is -0.233. The van der Waals surface area contributed by atoms with Crippen molar-refractivity contribution in [2.24, 2.45) is 7.05 Å². The fraction of sp³-hybridized carbons (Fsp3) is 0.276. The average Bonchev–Trinajstić information content (AvgIpc) is 3.29. The summed E-state index contributed by atoms with van der Waals surface area (Å²) in [5.74, 6) is 0.299. The van der Waals surface area contributed by atoms with Gasteiger partial charge < -0.3 is 9.80 Å². The van der Waals surface area contributed by atoms with E-state index in [1.807, 2.05) is 30.3 Å². The molecule has 9 heteroatoms. The first kappa shape index (κ1) is 24.0. The van der Waals surface area contributed by atoms with Crippen molar-refractivity contribution in [1.82, 2.24) is 14.8 Å². The number of piperazine rings is 1. The number of hydrogen-bond donors (Lipinski definition) is 0. The second kappa shape index (κ2) is 9.81. The van der Waals surface area contributed by atoms with E-state index in [4.69, 9.17) is 0 Å². The van der Waals surface area contributed by atoms with Crippen LogP contribution in [0.4, 0.5) is 15.9 Å². The minimum Gasteiger partial charge on any atom is -0.366 e. The fourth-order valence-electron chi connectivity index (χ4n) is 5.39. The van der Waals surface area contributed by atoms with Crippen LogP contribution in [0.1, 0.15) is 44.1 Å². The second-order valence-electron chi connectivity index (χ2n) is 9.66. The van der Waals surface area contributed by atoms with Gasteiger partial charge in [-0.15, -0.1) is 4.68 Å². The lowest BCUT2D eigenvalue weighted by atomic mass is 9.90. The molecule has 0 spiro atoms. The quantitative estimate of drug-likeness (QED) is 0.327. The summed E-state index contributed by atoms with van der Waals surface area (Å²) in [6.07, 6.45) is 3.09. The van der Waals surface area contributed by atoms with Gasteiger partial charge in [-0.25, -0.2) is 9.37 Å². The third kappa shape index (κ3) is 4.23. The number of ketones is 2. The van der Waals surface area contributed by atoms with E-state index in [1.165, 1.54) is 0 Å². The number of fused-ring (bicyclic) bond motifs is 2. The summed E-state index contributed by atoms with van der Waals surface area (Å²) in [4.78, 5) is 36.3. The third-order valence-electron chi connectivity index (χ3n) is 7.36. The van der Waals surface area contributed by atoms with Crippen LogP contribution in [0.3, 0.4) is 0 Å². The van der Waals surface area contributed by atoms with E-state index in [0.29, 0.717) is 41.9 Å². The zero-order chi connectivity index (χ0) is 26.2. The van der Waals surface area contributed by atoms with Crippen LogP contribution in [-0.4, -0.2) is 52.5 Å². The van der Waals surface area contributed by atoms with Crippen LogP contribution in [0.2, 0.25) is 0 Å². The van der Waals surface area contributed by atoms with Crippen LogP contribution in [0.25, 0.3) is 0 Å². The van der Waals surface area contributed by atoms with Crippen LogP contribution in [0, 0.1) is 5.82 Å². The van der Waals surface area contributed by atoms with Crippen LogP contribution in [0.15, 0.2) is 66.9 Å². The van der Waals surface area contributed by atoms with Crippen molar-refractivity contribution in [1.29, 1.82) is 0 Å². The molecule has 0 N–H and O–H groups in total. The Kier molecular flexibility index (Phi) is 6.19.